The van der Waals surface area contributed by atoms with Gasteiger partial charge in [0.2, 0.25) is 0 Å². The molecule has 1 aliphatic rings. The molecule has 1 fully saturated rings. The average Bonchev–Trinajstić information content (AvgIpc) is 3.27. The van der Waals surface area contributed by atoms with E-state index in [-0.39, 0.29) is 11.9 Å². The van der Waals surface area contributed by atoms with Gasteiger partial charge >= 0.3 is 6.03 Å². The average molecular weight is 349 g/mol. The van der Waals surface area contributed by atoms with Gasteiger partial charge in [-0.1, -0.05) is 18.2 Å². The van der Waals surface area contributed by atoms with E-state index >= 15 is 0 Å². The zero-order chi connectivity index (χ0) is 17.9. The van der Waals surface area contributed by atoms with Gasteiger partial charge in [0.05, 0.1) is 0 Å². The summed E-state index contributed by atoms with van der Waals surface area (Å²) in [5.74, 6) is 0.709. The summed E-state index contributed by atoms with van der Waals surface area (Å²) >= 11 is 0. The van der Waals surface area contributed by atoms with Crippen molar-refractivity contribution in [3.05, 3.63) is 65.9 Å². The Labute approximate surface area is 150 Å². The van der Waals surface area contributed by atoms with Crippen molar-refractivity contribution in [3.8, 4) is 0 Å². The lowest BCUT2D eigenvalue weighted by Crippen LogP contribution is -2.28. The molecule has 0 radical (unpaired) electrons. The number of hydrogen-bond donors (Lipinski definition) is 2. The minimum Gasteiger partial charge on any atom is -0.461 e. The summed E-state index contributed by atoms with van der Waals surface area (Å²) in [6, 6.07) is 16.8. The quantitative estimate of drug-likeness (QED) is 0.744. The summed E-state index contributed by atoms with van der Waals surface area (Å²) in [7, 11) is 0. The first kappa shape index (κ1) is 16.2. The highest BCUT2D eigenvalue weighted by molar-refractivity contribution is 5.97. The minimum absolute atomic E-state index is 0.104. The lowest BCUT2D eigenvalue weighted by Gasteiger charge is -2.14. The van der Waals surface area contributed by atoms with Gasteiger partial charge in [-0.15, -0.1) is 0 Å². The summed E-state index contributed by atoms with van der Waals surface area (Å²) in [6.45, 7) is 1.78. The fourth-order valence-corrected chi connectivity index (χ4v) is 3.07. The van der Waals surface area contributed by atoms with E-state index in [2.05, 4.69) is 10.6 Å². The Hall–Kier alpha value is -3.28. The third kappa shape index (κ3) is 3.26. The second-order valence-corrected chi connectivity index (χ2v) is 6.19. The monoisotopic (exact) mass is 349 g/mol. The first-order valence-electron chi connectivity index (χ1n) is 8.62. The first-order valence-corrected chi connectivity index (χ1v) is 8.62. The molecule has 2 heterocycles. The molecule has 0 unspecified atom stereocenters. The van der Waals surface area contributed by atoms with E-state index in [4.69, 9.17) is 4.42 Å². The molecule has 0 saturated carbocycles. The molecule has 0 aliphatic carbocycles. The molecule has 6 heteroatoms. The van der Waals surface area contributed by atoms with Crippen molar-refractivity contribution in [1.29, 1.82) is 0 Å². The van der Waals surface area contributed by atoms with Crippen LogP contribution in [0.15, 0.2) is 59.0 Å². The maximum absolute atomic E-state index is 12.3. The number of nitrogens with one attached hydrogen (secondary N) is 2. The van der Waals surface area contributed by atoms with Crippen molar-refractivity contribution < 1.29 is 14.0 Å². The van der Waals surface area contributed by atoms with Crippen molar-refractivity contribution in [2.45, 2.75) is 6.42 Å². The molecule has 3 aromatic rings. The van der Waals surface area contributed by atoms with E-state index in [1.54, 1.807) is 29.2 Å². The third-order valence-corrected chi connectivity index (χ3v) is 4.43. The molecule has 2 N–H and O–H groups in total. The minimum atomic E-state index is -0.140. The van der Waals surface area contributed by atoms with Gasteiger partial charge in [-0.05, 0) is 36.4 Å². The van der Waals surface area contributed by atoms with Crippen LogP contribution >= 0.6 is 0 Å². The predicted molar refractivity (Wildman–Crippen MR) is 99.4 cm³/mol. The SMILES string of the molecule is O=C(NCCc1cc2ccccc2o1)c1ccc(N2CCNC2=O)cc1. The highest BCUT2D eigenvalue weighted by Gasteiger charge is 2.21. The van der Waals surface area contributed by atoms with Crippen molar-refractivity contribution in [2.24, 2.45) is 0 Å². The zero-order valence-corrected chi connectivity index (χ0v) is 14.2. The molecule has 0 spiro atoms. The zero-order valence-electron chi connectivity index (χ0n) is 14.2. The Bertz CT molecular complexity index is 913. The number of benzene rings is 2. The Morgan fingerprint density at radius 3 is 2.69 bits per heavy atom. The number of carbonyl (C=O) groups is 2. The molecule has 1 aromatic heterocycles. The van der Waals surface area contributed by atoms with Crippen LogP contribution in [-0.4, -0.2) is 31.6 Å². The topological polar surface area (TPSA) is 74.6 Å². The second kappa shape index (κ2) is 6.92. The number of rotatable bonds is 5. The normalized spacial score (nSPS) is 13.8. The molecule has 3 amide bonds. The van der Waals surface area contributed by atoms with Crippen LogP contribution in [0.4, 0.5) is 10.5 Å². The summed E-state index contributed by atoms with van der Waals surface area (Å²) in [4.78, 5) is 25.6. The summed E-state index contributed by atoms with van der Waals surface area (Å²) in [5.41, 5.74) is 2.21. The van der Waals surface area contributed by atoms with Gasteiger partial charge in [-0.2, -0.15) is 0 Å². The Morgan fingerprint density at radius 2 is 1.96 bits per heavy atom. The molecule has 4 rings (SSSR count). The third-order valence-electron chi connectivity index (χ3n) is 4.43. The first-order chi connectivity index (χ1) is 12.7. The fraction of sp³-hybridized carbons (Fsp3) is 0.200. The number of anilines is 1. The standard InChI is InChI=1S/C20H19N3O3/c24-19(14-5-7-16(8-6-14)23-12-11-22-20(23)25)21-10-9-17-13-15-3-1-2-4-18(15)26-17/h1-8,13H,9-12H2,(H,21,24)(H,22,25). The van der Waals surface area contributed by atoms with E-state index in [9.17, 15) is 9.59 Å². The van der Waals surface area contributed by atoms with Crippen LogP contribution in [0.3, 0.4) is 0 Å². The van der Waals surface area contributed by atoms with Crippen molar-refractivity contribution in [1.82, 2.24) is 10.6 Å². The van der Waals surface area contributed by atoms with Gasteiger partial charge < -0.3 is 15.1 Å². The van der Waals surface area contributed by atoms with Gasteiger partial charge in [-0.3, -0.25) is 9.69 Å². The number of amides is 3. The maximum atomic E-state index is 12.3. The van der Waals surface area contributed by atoms with Crippen molar-refractivity contribution in [2.75, 3.05) is 24.5 Å². The number of urea groups is 1. The lowest BCUT2D eigenvalue weighted by molar-refractivity contribution is 0.0954. The van der Waals surface area contributed by atoms with Gasteiger partial charge in [0, 0.05) is 42.7 Å². The van der Waals surface area contributed by atoms with Gasteiger partial charge in [0.1, 0.15) is 11.3 Å². The lowest BCUT2D eigenvalue weighted by atomic mass is 10.2. The molecule has 0 bridgehead atoms. The molecular formula is C20H19N3O3. The molecule has 1 saturated heterocycles. The summed E-state index contributed by atoms with van der Waals surface area (Å²) in [6.07, 6.45) is 0.631. The van der Waals surface area contributed by atoms with E-state index in [1.165, 1.54) is 0 Å². The molecule has 6 nitrogen and oxygen atoms in total. The molecule has 0 atom stereocenters. The van der Waals surface area contributed by atoms with Crippen molar-refractivity contribution >= 4 is 28.6 Å². The van der Waals surface area contributed by atoms with E-state index in [0.29, 0.717) is 31.6 Å². The highest BCUT2D eigenvalue weighted by Crippen LogP contribution is 2.19. The summed E-state index contributed by atoms with van der Waals surface area (Å²) < 4.78 is 5.74. The smallest absolute Gasteiger partial charge is 0.321 e. The van der Waals surface area contributed by atoms with E-state index in [1.807, 2.05) is 30.3 Å². The molecule has 26 heavy (non-hydrogen) atoms. The fourth-order valence-electron chi connectivity index (χ4n) is 3.07. The van der Waals surface area contributed by atoms with Crippen LogP contribution in [0, 0.1) is 0 Å². The number of para-hydroxylation sites is 1. The Balaban J connectivity index is 1.33. The molecule has 1 aliphatic heterocycles. The van der Waals surface area contributed by atoms with E-state index in [0.717, 1.165) is 22.4 Å². The number of hydrogen-bond acceptors (Lipinski definition) is 3. The van der Waals surface area contributed by atoms with Gasteiger partial charge in [-0.25, -0.2) is 4.79 Å². The number of carbonyl (C=O) groups excluding carboxylic acids is 2. The van der Waals surface area contributed by atoms with Gasteiger partial charge in [0.15, 0.2) is 0 Å². The predicted octanol–water partition coefficient (Wildman–Crippen LogP) is 2.93. The molecular weight excluding hydrogens is 330 g/mol. The molecule has 2 aromatic carbocycles. The van der Waals surface area contributed by atoms with Crippen LogP contribution in [-0.2, 0) is 6.42 Å². The van der Waals surface area contributed by atoms with Crippen LogP contribution < -0.4 is 15.5 Å². The summed E-state index contributed by atoms with van der Waals surface area (Å²) in [5, 5.41) is 6.72. The molecule has 132 valence electrons. The van der Waals surface area contributed by atoms with Crippen LogP contribution in [0.5, 0.6) is 0 Å². The largest absolute Gasteiger partial charge is 0.461 e. The Kier molecular flexibility index (Phi) is 4.31. The van der Waals surface area contributed by atoms with Crippen LogP contribution in [0.2, 0.25) is 0 Å². The number of fused-ring (bicyclic) bond motifs is 1. The van der Waals surface area contributed by atoms with Gasteiger partial charge in [0.25, 0.3) is 5.91 Å². The second-order valence-electron chi connectivity index (χ2n) is 6.19. The maximum Gasteiger partial charge on any atom is 0.321 e. The number of furan rings is 1. The Morgan fingerprint density at radius 1 is 1.15 bits per heavy atom. The van der Waals surface area contributed by atoms with Crippen molar-refractivity contribution in [3.63, 3.8) is 0 Å². The van der Waals surface area contributed by atoms with Crippen LogP contribution in [0.25, 0.3) is 11.0 Å². The van der Waals surface area contributed by atoms with Crippen LogP contribution in [0.1, 0.15) is 16.1 Å². The number of nitrogens with zero attached hydrogens (tertiary/aromatic N) is 1. The van der Waals surface area contributed by atoms with E-state index < -0.39 is 0 Å². The highest BCUT2D eigenvalue weighted by atomic mass is 16.3.